The van der Waals surface area contributed by atoms with Crippen molar-refractivity contribution in [3.63, 3.8) is 0 Å². The van der Waals surface area contributed by atoms with Crippen LogP contribution < -0.4 is 0 Å². The number of para-hydroxylation sites is 1. The summed E-state index contributed by atoms with van der Waals surface area (Å²) in [5, 5.41) is 3.20. The van der Waals surface area contributed by atoms with Crippen molar-refractivity contribution in [2.75, 3.05) is 32.7 Å². The van der Waals surface area contributed by atoms with Crippen LogP contribution in [0.15, 0.2) is 41.8 Å². The molecule has 1 aliphatic rings. The SMILES string of the molecule is O=C(CCc1nc2ccccc2s1)N1CCN(CCc2cccs2)CC1. The van der Waals surface area contributed by atoms with Crippen molar-refractivity contribution in [3.8, 4) is 0 Å². The second-order valence-corrected chi connectivity index (χ2v) is 8.77. The topological polar surface area (TPSA) is 36.4 Å². The third kappa shape index (κ3) is 4.31. The van der Waals surface area contributed by atoms with Crippen LogP contribution >= 0.6 is 22.7 Å². The molecule has 3 aromatic rings. The predicted molar refractivity (Wildman–Crippen MR) is 109 cm³/mol. The van der Waals surface area contributed by atoms with Crippen molar-refractivity contribution in [3.05, 3.63) is 51.7 Å². The van der Waals surface area contributed by atoms with Crippen LogP contribution in [-0.2, 0) is 17.6 Å². The van der Waals surface area contributed by atoms with Gasteiger partial charge < -0.3 is 4.90 Å². The van der Waals surface area contributed by atoms with E-state index in [1.807, 2.05) is 34.4 Å². The number of nitrogens with zero attached hydrogens (tertiary/aromatic N) is 3. The summed E-state index contributed by atoms with van der Waals surface area (Å²) in [4.78, 5) is 23.1. The van der Waals surface area contributed by atoms with E-state index in [2.05, 4.69) is 33.5 Å². The molecule has 0 spiro atoms. The average molecular weight is 386 g/mol. The number of fused-ring (bicyclic) bond motifs is 1. The molecule has 0 saturated carbocycles. The standard InChI is InChI=1S/C20H23N3OS2/c24-20(8-7-19-21-17-5-1-2-6-18(17)26-19)23-13-11-22(12-14-23)10-9-16-4-3-15-25-16/h1-6,15H,7-14H2. The van der Waals surface area contributed by atoms with Crippen molar-refractivity contribution in [1.82, 2.24) is 14.8 Å². The van der Waals surface area contributed by atoms with Gasteiger partial charge in [0.25, 0.3) is 0 Å². The van der Waals surface area contributed by atoms with Gasteiger partial charge in [-0.25, -0.2) is 4.98 Å². The van der Waals surface area contributed by atoms with E-state index in [4.69, 9.17) is 0 Å². The molecule has 6 heteroatoms. The Labute approximate surface area is 162 Å². The lowest BCUT2D eigenvalue weighted by molar-refractivity contribution is -0.132. The van der Waals surface area contributed by atoms with Gasteiger partial charge in [0.2, 0.25) is 5.91 Å². The van der Waals surface area contributed by atoms with E-state index >= 15 is 0 Å². The molecule has 0 unspecified atom stereocenters. The first-order chi connectivity index (χ1) is 12.8. The Morgan fingerprint density at radius 1 is 1.04 bits per heavy atom. The first-order valence-electron chi connectivity index (χ1n) is 9.15. The third-order valence-corrected chi connectivity index (χ3v) is 6.90. The number of carbonyl (C=O) groups is 1. The molecule has 0 radical (unpaired) electrons. The number of hydrogen-bond acceptors (Lipinski definition) is 5. The second kappa shape index (κ2) is 8.29. The molecule has 1 aromatic carbocycles. The van der Waals surface area contributed by atoms with Crippen LogP contribution in [0, 0.1) is 0 Å². The molecule has 4 rings (SSSR count). The van der Waals surface area contributed by atoms with Crippen molar-refractivity contribution in [2.24, 2.45) is 0 Å². The van der Waals surface area contributed by atoms with Gasteiger partial charge in [-0.2, -0.15) is 0 Å². The molecular weight excluding hydrogens is 362 g/mol. The zero-order chi connectivity index (χ0) is 17.8. The summed E-state index contributed by atoms with van der Waals surface area (Å²) in [7, 11) is 0. The fraction of sp³-hybridized carbons (Fsp3) is 0.400. The summed E-state index contributed by atoms with van der Waals surface area (Å²) in [5.41, 5.74) is 1.04. The van der Waals surface area contributed by atoms with Crippen LogP contribution in [0.5, 0.6) is 0 Å². The summed E-state index contributed by atoms with van der Waals surface area (Å²) in [6.45, 7) is 4.76. The van der Waals surface area contributed by atoms with Crippen molar-refractivity contribution in [2.45, 2.75) is 19.3 Å². The van der Waals surface area contributed by atoms with Gasteiger partial charge in [-0.15, -0.1) is 22.7 Å². The van der Waals surface area contributed by atoms with E-state index in [1.54, 1.807) is 11.3 Å². The summed E-state index contributed by atoms with van der Waals surface area (Å²) in [6, 6.07) is 12.5. The Kier molecular flexibility index (Phi) is 5.62. The molecule has 4 nitrogen and oxygen atoms in total. The Balaban J connectivity index is 1.22. The number of aromatic nitrogens is 1. The smallest absolute Gasteiger partial charge is 0.223 e. The molecule has 1 aliphatic heterocycles. The minimum absolute atomic E-state index is 0.266. The number of rotatable bonds is 6. The summed E-state index contributed by atoms with van der Waals surface area (Å²) in [6.07, 6.45) is 2.43. The van der Waals surface area contributed by atoms with E-state index in [9.17, 15) is 4.79 Å². The van der Waals surface area contributed by atoms with E-state index in [0.29, 0.717) is 6.42 Å². The largest absolute Gasteiger partial charge is 0.340 e. The maximum absolute atomic E-state index is 12.5. The highest BCUT2D eigenvalue weighted by molar-refractivity contribution is 7.18. The summed E-state index contributed by atoms with van der Waals surface area (Å²) >= 11 is 3.53. The van der Waals surface area contributed by atoms with Gasteiger partial charge in [0.1, 0.15) is 0 Å². The normalized spacial score (nSPS) is 15.6. The molecule has 1 amide bonds. The Bertz CT molecular complexity index is 818. The fourth-order valence-corrected chi connectivity index (χ4v) is 5.01. The van der Waals surface area contributed by atoms with Crippen molar-refractivity contribution < 1.29 is 4.79 Å². The third-order valence-electron chi connectivity index (χ3n) is 4.87. The predicted octanol–water partition coefficient (Wildman–Crippen LogP) is 3.68. The number of thiophene rings is 1. The van der Waals surface area contributed by atoms with E-state index in [-0.39, 0.29) is 5.91 Å². The van der Waals surface area contributed by atoms with Gasteiger partial charge in [0.15, 0.2) is 0 Å². The first kappa shape index (κ1) is 17.6. The molecule has 2 aromatic heterocycles. The molecule has 26 heavy (non-hydrogen) atoms. The highest BCUT2D eigenvalue weighted by atomic mass is 32.1. The molecular formula is C20H23N3OS2. The highest BCUT2D eigenvalue weighted by Gasteiger charge is 2.21. The van der Waals surface area contributed by atoms with Crippen molar-refractivity contribution >= 4 is 38.8 Å². The second-order valence-electron chi connectivity index (χ2n) is 6.63. The summed E-state index contributed by atoms with van der Waals surface area (Å²) in [5.74, 6) is 0.266. The molecule has 0 atom stereocenters. The zero-order valence-electron chi connectivity index (χ0n) is 14.8. The first-order valence-corrected chi connectivity index (χ1v) is 10.8. The Morgan fingerprint density at radius 2 is 1.88 bits per heavy atom. The van der Waals surface area contributed by atoms with Gasteiger partial charge in [0, 0.05) is 50.4 Å². The van der Waals surface area contributed by atoms with Crippen LogP contribution in [0.4, 0.5) is 0 Å². The van der Waals surface area contributed by atoms with Gasteiger partial charge in [0.05, 0.1) is 15.2 Å². The lowest BCUT2D eigenvalue weighted by Gasteiger charge is -2.34. The average Bonchev–Trinajstić information content (AvgIpc) is 3.34. The lowest BCUT2D eigenvalue weighted by Crippen LogP contribution is -2.49. The van der Waals surface area contributed by atoms with Gasteiger partial charge in [-0.05, 0) is 30.0 Å². The Morgan fingerprint density at radius 3 is 2.65 bits per heavy atom. The lowest BCUT2D eigenvalue weighted by atomic mass is 10.2. The number of carbonyl (C=O) groups excluding carboxylic acids is 1. The van der Waals surface area contributed by atoms with Crippen LogP contribution in [0.1, 0.15) is 16.3 Å². The number of piperazine rings is 1. The fourth-order valence-electron chi connectivity index (χ4n) is 3.34. The molecule has 0 aliphatic carbocycles. The molecule has 0 bridgehead atoms. The molecule has 1 saturated heterocycles. The zero-order valence-corrected chi connectivity index (χ0v) is 16.4. The number of thiazole rings is 1. The van der Waals surface area contributed by atoms with E-state index < -0.39 is 0 Å². The number of amides is 1. The number of hydrogen-bond donors (Lipinski definition) is 0. The minimum Gasteiger partial charge on any atom is -0.340 e. The quantitative estimate of drug-likeness (QED) is 0.649. The van der Waals surface area contributed by atoms with Crippen LogP contribution in [0.25, 0.3) is 10.2 Å². The van der Waals surface area contributed by atoms with Gasteiger partial charge >= 0.3 is 0 Å². The molecule has 3 heterocycles. The van der Waals surface area contributed by atoms with Crippen LogP contribution in [0.2, 0.25) is 0 Å². The monoisotopic (exact) mass is 385 g/mol. The highest BCUT2D eigenvalue weighted by Crippen LogP contribution is 2.22. The maximum Gasteiger partial charge on any atom is 0.223 e. The van der Waals surface area contributed by atoms with E-state index in [0.717, 1.165) is 56.1 Å². The minimum atomic E-state index is 0.266. The van der Waals surface area contributed by atoms with Gasteiger partial charge in [-0.1, -0.05) is 18.2 Å². The maximum atomic E-state index is 12.5. The number of benzene rings is 1. The van der Waals surface area contributed by atoms with Crippen LogP contribution in [0.3, 0.4) is 0 Å². The van der Waals surface area contributed by atoms with Gasteiger partial charge in [-0.3, -0.25) is 9.69 Å². The molecule has 0 N–H and O–H groups in total. The van der Waals surface area contributed by atoms with E-state index in [1.165, 1.54) is 9.58 Å². The summed E-state index contributed by atoms with van der Waals surface area (Å²) < 4.78 is 1.20. The van der Waals surface area contributed by atoms with Crippen molar-refractivity contribution in [1.29, 1.82) is 0 Å². The molecule has 136 valence electrons. The molecule has 1 fully saturated rings. The Hall–Kier alpha value is -1.76. The number of aryl methyl sites for hydroxylation is 1. The van der Waals surface area contributed by atoms with Crippen LogP contribution in [-0.4, -0.2) is 53.4 Å².